The molecule has 116 valence electrons. The Morgan fingerprint density at radius 1 is 1.05 bits per heavy atom. The SMILES string of the molecule is Cc1ccc([S+]([O-])c2ccccc2N2CCNCC2)c(C)c1.[H+]. The van der Waals surface area contributed by atoms with E-state index in [0.29, 0.717) is 0 Å². The first-order chi connectivity index (χ1) is 10.7. The van der Waals surface area contributed by atoms with Gasteiger partial charge in [0, 0.05) is 42.9 Å². The summed E-state index contributed by atoms with van der Waals surface area (Å²) < 4.78 is 13.1. The van der Waals surface area contributed by atoms with E-state index in [1.54, 1.807) is 0 Å². The molecule has 0 spiro atoms. The summed E-state index contributed by atoms with van der Waals surface area (Å²) >= 11 is -1.14. The number of rotatable bonds is 3. The van der Waals surface area contributed by atoms with Crippen molar-refractivity contribution < 1.29 is 5.98 Å². The minimum Gasteiger partial charge on any atom is -0.606 e. The summed E-state index contributed by atoms with van der Waals surface area (Å²) in [5.74, 6) is 0. The van der Waals surface area contributed by atoms with Crippen molar-refractivity contribution in [1.82, 2.24) is 5.32 Å². The minimum absolute atomic E-state index is 0. The Bertz CT molecular complexity index is 659. The fourth-order valence-electron chi connectivity index (χ4n) is 2.91. The second-order valence-electron chi connectivity index (χ2n) is 5.74. The Labute approximate surface area is 137 Å². The predicted octanol–water partition coefficient (Wildman–Crippen LogP) is 2.99. The summed E-state index contributed by atoms with van der Waals surface area (Å²) in [6.07, 6.45) is 0. The average Bonchev–Trinajstić information content (AvgIpc) is 2.55. The van der Waals surface area contributed by atoms with Gasteiger partial charge in [0.15, 0.2) is 9.79 Å². The highest BCUT2D eigenvalue weighted by atomic mass is 32.2. The molecule has 22 heavy (non-hydrogen) atoms. The molecule has 1 N–H and O–H groups in total. The van der Waals surface area contributed by atoms with Gasteiger partial charge in [0.2, 0.25) is 0 Å². The van der Waals surface area contributed by atoms with Crippen LogP contribution in [-0.4, -0.2) is 30.7 Å². The van der Waals surface area contributed by atoms with Gasteiger partial charge in [0.05, 0.1) is 5.69 Å². The number of nitrogens with one attached hydrogen (secondary N) is 1. The maximum Gasteiger partial charge on any atom is 1.00 e. The van der Waals surface area contributed by atoms with Crippen molar-refractivity contribution in [2.24, 2.45) is 0 Å². The van der Waals surface area contributed by atoms with Gasteiger partial charge in [-0.25, -0.2) is 0 Å². The summed E-state index contributed by atoms with van der Waals surface area (Å²) in [6, 6.07) is 14.2. The predicted molar refractivity (Wildman–Crippen MR) is 93.2 cm³/mol. The van der Waals surface area contributed by atoms with Crippen molar-refractivity contribution in [3.63, 3.8) is 0 Å². The molecule has 1 aliphatic rings. The highest BCUT2D eigenvalue weighted by molar-refractivity contribution is 7.91. The van der Waals surface area contributed by atoms with E-state index in [9.17, 15) is 4.55 Å². The molecule has 2 aromatic carbocycles. The molecule has 0 aromatic heterocycles. The van der Waals surface area contributed by atoms with Crippen LogP contribution >= 0.6 is 0 Å². The molecule has 1 unspecified atom stereocenters. The van der Waals surface area contributed by atoms with Gasteiger partial charge in [-0.2, -0.15) is 0 Å². The topological polar surface area (TPSA) is 38.3 Å². The van der Waals surface area contributed by atoms with Crippen LogP contribution in [0.5, 0.6) is 0 Å². The van der Waals surface area contributed by atoms with E-state index in [1.807, 2.05) is 37.3 Å². The largest absolute Gasteiger partial charge is 1.00 e. The second-order valence-corrected chi connectivity index (χ2v) is 7.16. The molecular weight excluding hydrogens is 292 g/mol. The molecule has 1 saturated heterocycles. The lowest BCUT2D eigenvalue weighted by atomic mass is 10.2. The van der Waals surface area contributed by atoms with E-state index < -0.39 is 11.2 Å². The maximum absolute atomic E-state index is 13.1. The summed E-state index contributed by atoms with van der Waals surface area (Å²) in [6.45, 7) is 7.97. The molecule has 2 aromatic rings. The number of aryl methyl sites for hydroxylation is 2. The maximum atomic E-state index is 13.1. The Balaban J connectivity index is 0.00000192. The molecule has 0 aliphatic carbocycles. The number of anilines is 1. The highest BCUT2D eigenvalue weighted by Crippen LogP contribution is 2.32. The van der Waals surface area contributed by atoms with Crippen molar-refractivity contribution >= 4 is 16.9 Å². The Morgan fingerprint density at radius 2 is 1.77 bits per heavy atom. The van der Waals surface area contributed by atoms with E-state index in [1.165, 1.54) is 5.56 Å². The fourth-order valence-corrected chi connectivity index (χ4v) is 4.28. The third-order valence-corrected chi connectivity index (χ3v) is 5.66. The average molecular weight is 315 g/mol. The Morgan fingerprint density at radius 3 is 2.50 bits per heavy atom. The van der Waals surface area contributed by atoms with Crippen LogP contribution in [0, 0.1) is 13.8 Å². The van der Waals surface area contributed by atoms with Gasteiger partial charge in [0.25, 0.3) is 0 Å². The van der Waals surface area contributed by atoms with Crippen LogP contribution in [0.1, 0.15) is 12.6 Å². The first-order valence-electron chi connectivity index (χ1n) is 7.70. The smallest absolute Gasteiger partial charge is 0.606 e. The van der Waals surface area contributed by atoms with E-state index >= 15 is 0 Å². The minimum atomic E-state index is -1.14. The van der Waals surface area contributed by atoms with Crippen molar-refractivity contribution in [1.29, 1.82) is 0 Å². The van der Waals surface area contributed by atoms with Crippen LogP contribution in [0.4, 0.5) is 5.69 Å². The van der Waals surface area contributed by atoms with E-state index in [-0.39, 0.29) is 1.43 Å². The van der Waals surface area contributed by atoms with Gasteiger partial charge in [0.1, 0.15) is 0 Å². The van der Waals surface area contributed by atoms with Gasteiger partial charge in [-0.05, 0) is 32.0 Å². The third kappa shape index (κ3) is 3.14. The highest BCUT2D eigenvalue weighted by Gasteiger charge is 2.24. The van der Waals surface area contributed by atoms with E-state index in [4.69, 9.17) is 0 Å². The summed E-state index contributed by atoms with van der Waals surface area (Å²) in [7, 11) is 0. The Hall–Kier alpha value is -1.49. The zero-order valence-corrected chi connectivity index (χ0v) is 14.0. The number of nitrogens with zero attached hydrogens (tertiary/aromatic N) is 1. The Kier molecular flexibility index (Phi) is 4.71. The molecule has 0 saturated carbocycles. The van der Waals surface area contributed by atoms with Gasteiger partial charge < -0.3 is 14.8 Å². The van der Waals surface area contributed by atoms with Crippen molar-refractivity contribution in [3.05, 3.63) is 53.6 Å². The monoisotopic (exact) mass is 315 g/mol. The molecule has 0 amide bonds. The third-order valence-electron chi connectivity index (χ3n) is 4.05. The number of hydrogen-bond donors (Lipinski definition) is 1. The zero-order valence-electron chi connectivity index (χ0n) is 14.1. The lowest BCUT2D eigenvalue weighted by Gasteiger charge is -2.30. The van der Waals surface area contributed by atoms with Crippen molar-refractivity contribution in [3.8, 4) is 0 Å². The van der Waals surface area contributed by atoms with Crippen LogP contribution in [0.15, 0.2) is 52.3 Å². The van der Waals surface area contributed by atoms with Gasteiger partial charge >= 0.3 is 1.43 Å². The number of hydrogen-bond acceptors (Lipinski definition) is 3. The van der Waals surface area contributed by atoms with E-state index in [2.05, 4.69) is 29.3 Å². The van der Waals surface area contributed by atoms with Gasteiger partial charge in [-0.15, -0.1) is 0 Å². The molecule has 1 aliphatic heterocycles. The molecular formula is C18H23N2OS+. The van der Waals surface area contributed by atoms with Crippen molar-refractivity contribution in [2.75, 3.05) is 31.1 Å². The summed E-state index contributed by atoms with van der Waals surface area (Å²) in [5.41, 5.74) is 3.39. The standard InChI is InChI=1S/C18H22N2OS/c1-14-7-8-17(15(2)13-14)22(21)18-6-4-3-5-16(18)20-11-9-19-10-12-20/h3-8,13,19H,9-12H2,1-2H3/p+1. The van der Waals surface area contributed by atoms with Crippen LogP contribution in [-0.2, 0) is 11.2 Å². The number of para-hydroxylation sites is 1. The molecule has 4 heteroatoms. The lowest BCUT2D eigenvalue weighted by Crippen LogP contribution is -2.44. The summed E-state index contributed by atoms with van der Waals surface area (Å²) in [4.78, 5) is 4.15. The first-order valence-corrected chi connectivity index (χ1v) is 8.85. The molecule has 3 nitrogen and oxygen atoms in total. The number of piperazine rings is 1. The molecule has 1 heterocycles. The van der Waals surface area contributed by atoms with Crippen LogP contribution in [0.2, 0.25) is 0 Å². The molecule has 3 rings (SSSR count). The first kappa shape index (κ1) is 15.4. The van der Waals surface area contributed by atoms with E-state index in [0.717, 1.165) is 47.2 Å². The lowest BCUT2D eigenvalue weighted by molar-refractivity contribution is 0.579. The summed E-state index contributed by atoms with van der Waals surface area (Å²) in [5, 5.41) is 3.36. The quantitative estimate of drug-likeness (QED) is 0.885. The zero-order chi connectivity index (χ0) is 15.5. The molecule has 1 atom stereocenters. The fraction of sp³-hybridized carbons (Fsp3) is 0.333. The number of benzene rings is 2. The molecule has 0 radical (unpaired) electrons. The van der Waals surface area contributed by atoms with Crippen LogP contribution < -0.4 is 10.2 Å². The molecule has 0 bridgehead atoms. The second kappa shape index (κ2) is 6.73. The van der Waals surface area contributed by atoms with Gasteiger partial charge in [-0.1, -0.05) is 29.8 Å². The van der Waals surface area contributed by atoms with Crippen molar-refractivity contribution in [2.45, 2.75) is 23.6 Å². The normalized spacial score (nSPS) is 16.6. The van der Waals surface area contributed by atoms with Crippen LogP contribution in [0.3, 0.4) is 0 Å². The van der Waals surface area contributed by atoms with Gasteiger partial charge in [-0.3, -0.25) is 0 Å². The molecule has 1 fully saturated rings. The van der Waals surface area contributed by atoms with Crippen LogP contribution in [0.25, 0.3) is 0 Å².